The average Bonchev–Trinajstić information content (AvgIpc) is 2.72. The fraction of sp³-hybridized carbons (Fsp3) is 0.500. The first-order valence-electron chi connectivity index (χ1n) is 11.2. The Kier molecular flexibility index (Phi) is 7.41. The summed E-state index contributed by atoms with van der Waals surface area (Å²) >= 11 is 0. The first-order chi connectivity index (χ1) is 14.3. The van der Waals surface area contributed by atoms with Crippen LogP contribution < -0.4 is 15.0 Å². The Morgan fingerprint density at radius 2 is 1.90 bits per heavy atom. The van der Waals surface area contributed by atoms with Gasteiger partial charge in [0.25, 0.3) is 5.91 Å². The molecule has 1 aliphatic heterocycles. The van der Waals surface area contributed by atoms with Crippen LogP contribution in [-0.4, -0.2) is 25.6 Å². The number of hydrogen-bond donors (Lipinski definition) is 1. The van der Waals surface area contributed by atoms with E-state index in [1.807, 2.05) is 19.9 Å². The lowest BCUT2D eigenvalue weighted by Crippen LogP contribution is -2.34. The Bertz CT molecular complexity index is 845. The van der Waals surface area contributed by atoms with E-state index in [0.29, 0.717) is 5.92 Å². The highest BCUT2D eigenvalue weighted by molar-refractivity contribution is 5.78. The van der Waals surface area contributed by atoms with Crippen molar-refractivity contribution in [1.82, 2.24) is 5.32 Å². The third-order valence-electron chi connectivity index (χ3n) is 5.94. The molecule has 0 saturated carbocycles. The van der Waals surface area contributed by atoms with Crippen LogP contribution in [0.4, 0.5) is 5.69 Å². The van der Waals surface area contributed by atoms with Crippen molar-refractivity contribution in [1.29, 1.82) is 0 Å². The monoisotopic (exact) mass is 408 g/mol. The predicted molar refractivity (Wildman–Crippen MR) is 124 cm³/mol. The fourth-order valence-corrected chi connectivity index (χ4v) is 4.15. The van der Waals surface area contributed by atoms with Crippen LogP contribution >= 0.6 is 0 Å². The van der Waals surface area contributed by atoms with E-state index < -0.39 is 0 Å². The summed E-state index contributed by atoms with van der Waals surface area (Å²) in [5.41, 5.74) is 4.64. The standard InChI is InChI=1S/C26H36N2O2/c1-18(2)24-13-8-19(3)15-25(24)30-17-26(29)27-21(5)22-9-11-23(12-10-22)28-14-6-7-20(4)16-28/h8-13,15,18,20-21H,6-7,14,16-17H2,1-5H3,(H,27,29)/t20-,21+/m0/s1. The maximum Gasteiger partial charge on any atom is 0.258 e. The first-order valence-corrected chi connectivity index (χ1v) is 11.2. The number of hydrogen-bond acceptors (Lipinski definition) is 3. The molecule has 1 heterocycles. The van der Waals surface area contributed by atoms with Crippen molar-refractivity contribution in [2.45, 2.75) is 59.4 Å². The zero-order valence-electron chi connectivity index (χ0n) is 19.1. The van der Waals surface area contributed by atoms with Crippen LogP contribution in [0.25, 0.3) is 0 Å². The average molecular weight is 409 g/mol. The van der Waals surface area contributed by atoms with E-state index in [1.54, 1.807) is 0 Å². The van der Waals surface area contributed by atoms with Crippen LogP contribution in [0.5, 0.6) is 5.75 Å². The molecule has 4 heteroatoms. The maximum atomic E-state index is 12.5. The van der Waals surface area contributed by atoms with Crippen molar-refractivity contribution < 1.29 is 9.53 Å². The molecule has 1 saturated heterocycles. The number of carbonyl (C=O) groups excluding carboxylic acids is 1. The molecule has 0 bridgehead atoms. The Hall–Kier alpha value is -2.49. The lowest BCUT2D eigenvalue weighted by atomic mass is 9.99. The highest BCUT2D eigenvalue weighted by atomic mass is 16.5. The van der Waals surface area contributed by atoms with Gasteiger partial charge in [-0.15, -0.1) is 0 Å². The third-order valence-corrected chi connectivity index (χ3v) is 5.94. The molecule has 4 nitrogen and oxygen atoms in total. The number of carbonyl (C=O) groups is 1. The SMILES string of the molecule is Cc1ccc(C(C)C)c(OCC(=O)N[C@H](C)c2ccc(N3CCC[C@H](C)C3)cc2)c1. The van der Waals surface area contributed by atoms with Crippen molar-refractivity contribution in [3.8, 4) is 5.75 Å². The normalized spacial score (nSPS) is 17.7. The quantitative estimate of drug-likeness (QED) is 0.647. The molecule has 2 aromatic rings. The number of ether oxygens (including phenoxy) is 1. The molecule has 0 spiro atoms. The van der Waals surface area contributed by atoms with Crippen LogP contribution in [-0.2, 0) is 4.79 Å². The molecule has 0 aliphatic carbocycles. The summed E-state index contributed by atoms with van der Waals surface area (Å²) in [6, 6.07) is 14.7. The summed E-state index contributed by atoms with van der Waals surface area (Å²) in [5, 5.41) is 3.06. The van der Waals surface area contributed by atoms with Gasteiger partial charge < -0.3 is 15.0 Å². The lowest BCUT2D eigenvalue weighted by molar-refractivity contribution is -0.123. The number of benzene rings is 2. The van der Waals surface area contributed by atoms with Gasteiger partial charge in [0.05, 0.1) is 6.04 Å². The third kappa shape index (κ3) is 5.78. The van der Waals surface area contributed by atoms with Gasteiger partial charge in [0.15, 0.2) is 6.61 Å². The molecule has 162 valence electrons. The molecule has 2 aromatic carbocycles. The topological polar surface area (TPSA) is 41.6 Å². The molecule has 0 aromatic heterocycles. The van der Waals surface area contributed by atoms with E-state index >= 15 is 0 Å². The number of anilines is 1. The molecule has 1 amide bonds. The zero-order chi connectivity index (χ0) is 21.7. The second kappa shape index (κ2) is 10.0. The van der Waals surface area contributed by atoms with Crippen molar-refractivity contribution in [2.24, 2.45) is 5.92 Å². The number of nitrogens with one attached hydrogen (secondary N) is 1. The van der Waals surface area contributed by atoms with Crippen molar-refractivity contribution in [3.05, 3.63) is 59.2 Å². The van der Waals surface area contributed by atoms with Crippen LogP contribution in [0.2, 0.25) is 0 Å². The Morgan fingerprint density at radius 1 is 1.17 bits per heavy atom. The summed E-state index contributed by atoms with van der Waals surface area (Å²) in [7, 11) is 0. The summed E-state index contributed by atoms with van der Waals surface area (Å²) in [5.74, 6) is 1.80. The van der Waals surface area contributed by atoms with E-state index in [2.05, 4.69) is 67.4 Å². The summed E-state index contributed by atoms with van der Waals surface area (Å²) in [6.45, 7) is 12.9. The molecule has 0 unspecified atom stereocenters. The van der Waals surface area contributed by atoms with Crippen LogP contribution in [0.1, 0.15) is 69.2 Å². The predicted octanol–water partition coefficient (Wildman–Crippen LogP) is 5.61. The molecule has 1 aliphatic rings. The second-order valence-corrected chi connectivity index (χ2v) is 9.06. The fourth-order valence-electron chi connectivity index (χ4n) is 4.15. The van der Waals surface area contributed by atoms with E-state index in [9.17, 15) is 4.79 Å². The summed E-state index contributed by atoms with van der Waals surface area (Å²) in [4.78, 5) is 14.9. The number of rotatable bonds is 7. The highest BCUT2D eigenvalue weighted by Crippen LogP contribution is 2.28. The van der Waals surface area contributed by atoms with Crippen molar-refractivity contribution in [3.63, 3.8) is 0 Å². The van der Waals surface area contributed by atoms with Crippen molar-refractivity contribution >= 4 is 11.6 Å². The highest BCUT2D eigenvalue weighted by Gasteiger charge is 2.17. The summed E-state index contributed by atoms with van der Waals surface area (Å²) < 4.78 is 5.87. The molecule has 1 fully saturated rings. The Labute approximate surface area is 181 Å². The van der Waals surface area contributed by atoms with Gasteiger partial charge in [-0.1, -0.05) is 45.0 Å². The van der Waals surface area contributed by atoms with E-state index in [0.717, 1.165) is 41.4 Å². The Balaban J connectivity index is 1.55. The number of aryl methyl sites for hydroxylation is 1. The smallest absolute Gasteiger partial charge is 0.258 e. The van der Waals surface area contributed by atoms with Gasteiger partial charge in [-0.05, 0) is 73.4 Å². The van der Waals surface area contributed by atoms with Crippen molar-refractivity contribution in [2.75, 3.05) is 24.6 Å². The zero-order valence-corrected chi connectivity index (χ0v) is 19.1. The molecule has 3 rings (SSSR count). The molecule has 1 N–H and O–H groups in total. The number of amides is 1. The van der Waals surface area contributed by atoms with Gasteiger partial charge >= 0.3 is 0 Å². The lowest BCUT2D eigenvalue weighted by Gasteiger charge is -2.33. The van der Waals surface area contributed by atoms with Crippen LogP contribution in [0, 0.1) is 12.8 Å². The van der Waals surface area contributed by atoms with Gasteiger partial charge in [0.2, 0.25) is 0 Å². The van der Waals surface area contributed by atoms with Gasteiger partial charge in [-0.25, -0.2) is 0 Å². The molecular formula is C26H36N2O2. The van der Waals surface area contributed by atoms with Crippen LogP contribution in [0.15, 0.2) is 42.5 Å². The van der Waals surface area contributed by atoms with E-state index in [4.69, 9.17) is 4.74 Å². The molecular weight excluding hydrogens is 372 g/mol. The second-order valence-electron chi connectivity index (χ2n) is 9.06. The minimum absolute atomic E-state index is 0.0251. The Morgan fingerprint density at radius 3 is 2.57 bits per heavy atom. The van der Waals surface area contributed by atoms with E-state index in [1.165, 1.54) is 18.5 Å². The summed E-state index contributed by atoms with van der Waals surface area (Å²) in [6.07, 6.45) is 2.58. The minimum Gasteiger partial charge on any atom is -0.483 e. The molecule has 30 heavy (non-hydrogen) atoms. The largest absolute Gasteiger partial charge is 0.483 e. The van der Waals surface area contributed by atoms with Gasteiger partial charge in [-0.3, -0.25) is 4.79 Å². The first kappa shape index (κ1) is 22.2. The number of piperidine rings is 1. The maximum absolute atomic E-state index is 12.5. The van der Waals surface area contributed by atoms with Gasteiger partial charge in [-0.2, -0.15) is 0 Å². The van der Waals surface area contributed by atoms with Gasteiger partial charge in [0.1, 0.15) is 5.75 Å². The van der Waals surface area contributed by atoms with Crippen LogP contribution in [0.3, 0.4) is 0 Å². The molecule has 2 atom stereocenters. The minimum atomic E-state index is -0.104. The number of nitrogens with zero attached hydrogens (tertiary/aromatic N) is 1. The van der Waals surface area contributed by atoms with E-state index in [-0.39, 0.29) is 18.6 Å². The van der Waals surface area contributed by atoms with Gasteiger partial charge in [0, 0.05) is 18.8 Å². The molecule has 0 radical (unpaired) electrons.